The molecule has 0 bridgehead atoms. The van der Waals surface area contributed by atoms with Crippen LogP contribution >= 0.6 is 27.3 Å². The fourth-order valence-electron chi connectivity index (χ4n) is 1.70. The highest BCUT2D eigenvalue weighted by Crippen LogP contribution is 2.37. The molecule has 1 N–H and O–H groups in total. The maximum atomic E-state index is 11.1. The number of thiophene rings is 1. The van der Waals surface area contributed by atoms with Gasteiger partial charge in [0.2, 0.25) is 0 Å². The van der Waals surface area contributed by atoms with Gasteiger partial charge in [0.15, 0.2) is 5.00 Å². The molecule has 0 saturated heterocycles. The molecule has 2 heterocycles. The molecule has 1 atom stereocenters. The fraction of sp³-hybridized carbons (Fsp3) is 0.364. The number of aliphatic hydroxyl groups excluding tert-OH is 1. The van der Waals surface area contributed by atoms with Crippen LogP contribution in [0.3, 0.4) is 0 Å². The normalized spacial score (nSPS) is 12.7. The third kappa shape index (κ3) is 2.43. The Labute approximate surface area is 122 Å². The number of hydrogen-bond donors (Lipinski definition) is 1. The Morgan fingerprint density at radius 1 is 1.58 bits per heavy atom. The van der Waals surface area contributed by atoms with Crippen molar-refractivity contribution in [1.29, 1.82) is 0 Å². The molecule has 2 aromatic rings. The van der Waals surface area contributed by atoms with Crippen molar-refractivity contribution in [2.75, 3.05) is 0 Å². The van der Waals surface area contributed by atoms with E-state index in [9.17, 15) is 15.2 Å². The van der Waals surface area contributed by atoms with Gasteiger partial charge in [0.05, 0.1) is 26.9 Å². The van der Waals surface area contributed by atoms with E-state index in [-0.39, 0.29) is 5.69 Å². The Hall–Kier alpha value is -1.25. The molecule has 0 aliphatic carbocycles. The minimum absolute atomic E-state index is 0.0426. The summed E-state index contributed by atoms with van der Waals surface area (Å²) in [5.74, 6) is 0. The zero-order valence-electron chi connectivity index (χ0n) is 10.5. The summed E-state index contributed by atoms with van der Waals surface area (Å²) in [6, 6.07) is 1.40. The number of aromatic nitrogens is 2. The van der Waals surface area contributed by atoms with Crippen molar-refractivity contribution in [3.05, 3.63) is 36.9 Å². The molecule has 0 aromatic carbocycles. The molecule has 2 rings (SSSR count). The van der Waals surface area contributed by atoms with Crippen molar-refractivity contribution in [2.45, 2.75) is 26.9 Å². The summed E-state index contributed by atoms with van der Waals surface area (Å²) in [6.45, 7) is 5.23. The van der Waals surface area contributed by atoms with Gasteiger partial charge in [-0.3, -0.25) is 10.1 Å². The molecule has 0 fully saturated rings. The smallest absolute Gasteiger partial charge is 0.306 e. The van der Waals surface area contributed by atoms with Crippen LogP contribution in [0.5, 0.6) is 0 Å². The second-order valence-corrected chi connectivity index (χ2v) is 6.02. The first-order valence-electron chi connectivity index (χ1n) is 5.51. The topological polar surface area (TPSA) is 81.2 Å². The van der Waals surface area contributed by atoms with Crippen molar-refractivity contribution >= 4 is 33.0 Å². The molecular weight excluding hydrogens is 334 g/mol. The number of nitrogens with zero attached hydrogens (tertiary/aromatic N) is 3. The zero-order valence-corrected chi connectivity index (χ0v) is 12.9. The highest BCUT2D eigenvalue weighted by molar-refractivity contribution is 9.10. The van der Waals surface area contributed by atoms with Crippen LogP contribution < -0.4 is 0 Å². The van der Waals surface area contributed by atoms with Gasteiger partial charge in [0.1, 0.15) is 0 Å². The van der Waals surface area contributed by atoms with Gasteiger partial charge in [-0.25, -0.2) is 4.68 Å². The van der Waals surface area contributed by atoms with Gasteiger partial charge in [-0.2, -0.15) is 5.10 Å². The SMILES string of the molecule is Cc1nn(-c2sc([C@@H](C)O)cc2[N+](=O)[O-])c(C)c1Br. The standard InChI is InChI=1S/C11H12BrN3O3S/c1-5-10(12)6(2)14(13-5)11-8(15(17)18)4-9(19-11)7(3)16/h4,7,16H,1-3H3/t7-/m1/s1. The van der Waals surface area contributed by atoms with Crippen LogP contribution in [0.2, 0.25) is 0 Å². The third-order valence-electron chi connectivity index (χ3n) is 2.72. The number of halogens is 1. The maximum absolute atomic E-state index is 11.1. The first kappa shape index (κ1) is 14.2. The highest BCUT2D eigenvalue weighted by Gasteiger charge is 2.25. The second-order valence-electron chi connectivity index (χ2n) is 4.17. The largest absolute Gasteiger partial charge is 0.388 e. The van der Waals surface area contributed by atoms with Crippen LogP contribution in [0.15, 0.2) is 10.5 Å². The van der Waals surface area contributed by atoms with E-state index in [1.165, 1.54) is 22.1 Å². The molecule has 0 amide bonds. The van der Waals surface area contributed by atoms with Crippen molar-refractivity contribution in [1.82, 2.24) is 9.78 Å². The third-order valence-corrected chi connectivity index (χ3v) is 5.13. The first-order chi connectivity index (χ1) is 8.82. The molecule has 8 heteroatoms. The van der Waals surface area contributed by atoms with Gasteiger partial charge in [-0.15, -0.1) is 11.3 Å². The predicted molar refractivity (Wildman–Crippen MR) is 75.9 cm³/mol. The molecule has 6 nitrogen and oxygen atoms in total. The Balaban J connectivity index is 2.66. The summed E-state index contributed by atoms with van der Waals surface area (Å²) in [5, 5.41) is 25.4. The summed E-state index contributed by atoms with van der Waals surface area (Å²) in [5.41, 5.74) is 1.51. The van der Waals surface area contributed by atoms with Crippen LogP contribution in [0.4, 0.5) is 5.69 Å². The zero-order chi connectivity index (χ0) is 14.3. The van der Waals surface area contributed by atoms with Gasteiger partial charge in [-0.1, -0.05) is 0 Å². The number of hydrogen-bond acceptors (Lipinski definition) is 5. The Morgan fingerprint density at radius 2 is 2.21 bits per heavy atom. The lowest BCUT2D eigenvalue weighted by molar-refractivity contribution is -0.384. The summed E-state index contributed by atoms with van der Waals surface area (Å²) >= 11 is 4.57. The molecule has 0 spiro atoms. The molecular formula is C11H12BrN3O3S. The van der Waals surface area contributed by atoms with Crippen LogP contribution in [0.1, 0.15) is 29.3 Å². The van der Waals surface area contributed by atoms with E-state index in [1.54, 1.807) is 6.92 Å². The van der Waals surface area contributed by atoms with Crippen molar-refractivity contribution in [2.24, 2.45) is 0 Å². The molecule has 102 valence electrons. The van der Waals surface area contributed by atoms with Crippen molar-refractivity contribution < 1.29 is 10.0 Å². The number of aliphatic hydroxyl groups is 1. The van der Waals surface area contributed by atoms with Crippen LogP contribution in [0, 0.1) is 24.0 Å². The lowest BCUT2D eigenvalue weighted by Crippen LogP contribution is -2.00. The summed E-state index contributed by atoms with van der Waals surface area (Å²) in [6.07, 6.45) is -0.738. The minimum Gasteiger partial charge on any atom is -0.388 e. The highest BCUT2D eigenvalue weighted by atomic mass is 79.9. The lowest BCUT2D eigenvalue weighted by Gasteiger charge is -2.00. The van der Waals surface area contributed by atoms with Gasteiger partial charge in [-0.05, 0) is 36.7 Å². The Bertz CT molecular complexity index is 648. The van der Waals surface area contributed by atoms with E-state index >= 15 is 0 Å². The van der Waals surface area contributed by atoms with Crippen LogP contribution in [-0.2, 0) is 0 Å². The summed E-state index contributed by atoms with van der Waals surface area (Å²) in [4.78, 5) is 11.2. The van der Waals surface area contributed by atoms with Crippen molar-refractivity contribution in [3.63, 3.8) is 0 Å². The van der Waals surface area contributed by atoms with Gasteiger partial charge in [0, 0.05) is 10.9 Å². The predicted octanol–water partition coefficient (Wildman–Crippen LogP) is 3.27. The molecule has 0 aliphatic heterocycles. The molecule has 0 saturated carbocycles. The molecule has 2 aromatic heterocycles. The molecule has 19 heavy (non-hydrogen) atoms. The quantitative estimate of drug-likeness (QED) is 0.683. The summed E-state index contributed by atoms with van der Waals surface area (Å²) < 4.78 is 2.36. The minimum atomic E-state index is -0.738. The average molecular weight is 346 g/mol. The van der Waals surface area contributed by atoms with Gasteiger partial charge in [0.25, 0.3) is 0 Å². The van der Waals surface area contributed by atoms with E-state index in [0.717, 1.165) is 15.9 Å². The average Bonchev–Trinajstić information content (AvgIpc) is 2.87. The second kappa shape index (κ2) is 5.03. The number of aryl methyl sites for hydroxylation is 1. The van der Waals surface area contributed by atoms with E-state index in [1.807, 2.05) is 13.8 Å². The van der Waals surface area contributed by atoms with E-state index in [0.29, 0.717) is 9.88 Å². The van der Waals surface area contributed by atoms with E-state index in [4.69, 9.17) is 0 Å². The first-order valence-corrected chi connectivity index (χ1v) is 7.12. The molecule has 0 radical (unpaired) electrons. The number of rotatable bonds is 3. The fourth-order valence-corrected chi connectivity index (χ4v) is 3.01. The van der Waals surface area contributed by atoms with Crippen molar-refractivity contribution in [3.8, 4) is 5.00 Å². The van der Waals surface area contributed by atoms with Gasteiger partial charge < -0.3 is 5.11 Å². The van der Waals surface area contributed by atoms with E-state index in [2.05, 4.69) is 21.0 Å². The summed E-state index contributed by atoms with van der Waals surface area (Å²) in [7, 11) is 0. The monoisotopic (exact) mass is 345 g/mol. The van der Waals surface area contributed by atoms with Crippen LogP contribution in [0.25, 0.3) is 5.00 Å². The van der Waals surface area contributed by atoms with Crippen LogP contribution in [-0.4, -0.2) is 19.8 Å². The number of nitro groups is 1. The molecule has 0 unspecified atom stereocenters. The lowest BCUT2D eigenvalue weighted by atomic mass is 10.3. The Morgan fingerprint density at radius 3 is 2.63 bits per heavy atom. The van der Waals surface area contributed by atoms with E-state index < -0.39 is 11.0 Å². The van der Waals surface area contributed by atoms with Gasteiger partial charge >= 0.3 is 5.69 Å². The molecule has 0 aliphatic rings. The maximum Gasteiger partial charge on any atom is 0.306 e. The Kier molecular flexibility index (Phi) is 3.75.